The third kappa shape index (κ3) is 3.96. The summed E-state index contributed by atoms with van der Waals surface area (Å²) in [5.41, 5.74) is 5.41. The second kappa shape index (κ2) is 7.74. The average molecular weight is 398 g/mol. The maximum Gasteiger partial charge on any atom is 0.153 e. The Kier molecular flexibility index (Phi) is 5.47. The van der Waals surface area contributed by atoms with Crippen molar-refractivity contribution in [3.05, 3.63) is 58.7 Å². The van der Waals surface area contributed by atoms with Crippen LogP contribution >= 0.6 is 11.8 Å². The number of benzene rings is 2. The van der Waals surface area contributed by atoms with Gasteiger partial charge in [0.25, 0.3) is 0 Å². The van der Waals surface area contributed by atoms with Gasteiger partial charge in [-0.15, -0.1) is 0 Å². The van der Waals surface area contributed by atoms with Crippen LogP contribution in [0.2, 0.25) is 0 Å². The molecule has 2 aliphatic rings. The third-order valence-corrected chi connectivity index (χ3v) is 7.32. The van der Waals surface area contributed by atoms with Gasteiger partial charge in [-0.2, -0.15) is 0 Å². The molecule has 0 radical (unpaired) electrons. The molecule has 2 heterocycles. The lowest BCUT2D eigenvalue weighted by Gasteiger charge is -2.28. The lowest BCUT2D eigenvalue weighted by molar-refractivity contribution is 0.0596. The van der Waals surface area contributed by atoms with Gasteiger partial charge < -0.3 is 9.84 Å². The van der Waals surface area contributed by atoms with E-state index in [-0.39, 0.29) is 11.7 Å². The van der Waals surface area contributed by atoms with Crippen LogP contribution in [0.4, 0.5) is 0 Å². The van der Waals surface area contributed by atoms with Crippen LogP contribution in [-0.4, -0.2) is 27.7 Å². The van der Waals surface area contributed by atoms with Gasteiger partial charge in [0.2, 0.25) is 0 Å². The topological polar surface area (TPSA) is 32.7 Å². The maximum atomic E-state index is 10.1. The number of aryl methyl sites for hydroxylation is 3. The third-order valence-electron chi connectivity index (χ3n) is 6.21. The molecule has 2 aromatic rings. The Morgan fingerprint density at radius 2 is 1.93 bits per heavy atom. The molecule has 1 saturated heterocycles. The molecule has 2 aliphatic heterocycles. The van der Waals surface area contributed by atoms with Crippen LogP contribution in [0.25, 0.3) is 0 Å². The summed E-state index contributed by atoms with van der Waals surface area (Å²) in [6.45, 7) is 8.68. The van der Waals surface area contributed by atoms with Gasteiger partial charge in [-0.25, -0.2) is 0 Å². The summed E-state index contributed by atoms with van der Waals surface area (Å²) in [6.07, 6.45) is 4.40. The van der Waals surface area contributed by atoms with Crippen LogP contribution in [0.15, 0.2) is 41.3 Å². The Labute approximate surface area is 173 Å². The molecule has 0 spiro atoms. The Bertz CT molecular complexity index is 864. The average Bonchev–Trinajstić information content (AvgIpc) is 3.20. The number of fused-ring (bicyclic) bond motifs is 1. The van der Waals surface area contributed by atoms with E-state index in [9.17, 15) is 5.11 Å². The van der Waals surface area contributed by atoms with Crippen LogP contribution in [0, 0.1) is 13.8 Å². The Hall–Kier alpha value is -1.49. The lowest BCUT2D eigenvalue weighted by atomic mass is 10.00. The second-order valence-corrected chi connectivity index (χ2v) is 10.3. The molecule has 4 rings (SSSR count). The van der Waals surface area contributed by atoms with Crippen molar-refractivity contribution < 1.29 is 9.84 Å². The summed E-state index contributed by atoms with van der Waals surface area (Å²) in [5, 5.41) is 10.1. The molecular weight excluding hydrogens is 366 g/mol. The second-order valence-electron chi connectivity index (χ2n) is 8.67. The van der Waals surface area contributed by atoms with Crippen molar-refractivity contribution in [3.8, 4) is 5.75 Å². The van der Waals surface area contributed by atoms with E-state index < -0.39 is 0 Å². The van der Waals surface area contributed by atoms with Crippen LogP contribution in [0.1, 0.15) is 61.4 Å². The van der Waals surface area contributed by atoms with Crippen molar-refractivity contribution >= 4 is 11.8 Å². The lowest BCUT2D eigenvalue weighted by Crippen LogP contribution is -2.32. The van der Waals surface area contributed by atoms with Crippen LogP contribution in [-0.2, 0) is 6.42 Å². The highest BCUT2D eigenvalue weighted by Gasteiger charge is 2.36. The molecule has 3 nitrogen and oxygen atoms in total. The van der Waals surface area contributed by atoms with Crippen molar-refractivity contribution in [1.29, 1.82) is 0 Å². The van der Waals surface area contributed by atoms with Crippen molar-refractivity contribution in [1.82, 2.24) is 4.90 Å². The van der Waals surface area contributed by atoms with Gasteiger partial charge in [0.15, 0.2) is 4.93 Å². The zero-order valence-corrected chi connectivity index (χ0v) is 18.2. The molecule has 0 aromatic heterocycles. The molecule has 0 aliphatic carbocycles. The van der Waals surface area contributed by atoms with Crippen molar-refractivity contribution in [3.63, 3.8) is 0 Å². The molecule has 0 bridgehead atoms. The summed E-state index contributed by atoms with van der Waals surface area (Å²) in [6, 6.07) is 14.1. The first-order valence-electron chi connectivity index (χ1n) is 10.3. The fourth-order valence-corrected chi connectivity index (χ4v) is 5.62. The molecule has 2 unspecified atom stereocenters. The van der Waals surface area contributed by atoms with Crippen LogP contribution in [0.5, 0.6) is 5.75 Å². The highest BCUT2D eigenvalue weighted by molar-refractivity contribution is 8.00. The fraction of sp³-hybridized carbons (Fsp3) is 0.500. The molecule has 2 atom stereocenters. The first-order chi connectivity index (χ1) is 13.4. The number of thioether (sulfide) groups is 1. The van der Waals surface area contributed by atoms with E-state index in [1.807, 2.05) is 0 Å². The summed E-state index contributed by atoms with van der Waals surface area (Å²) >= 11 is 1.78. The monoisotopic (exact) mass is 397 g/mol. The Morgan fingerprint density at radius 3 is 2.68 bits per heavy atom. The molecule has 1 N–H and O–H groups in total. The minimum atomic E-state index is -0.192. The SMILES string of the molecule is Cc1ccc(CCC2CCC(c3ccc4c(c3)SC(C)(C)O4)N2CO)cc1C. The number of hydrogen-bond donors (Lipinski definition) is 1. The first kappa shape index (κ1) is 19.8. The minimum absolute atomic E-state index is 0.120. The smallest absolute Gasteiger partial charge is 0.153 e. The molecule has 0 amide bonds. The minimum Gasteiger partial charge on any atom is -0.476 e. The van der Waals surface area contributed by atoms with E-state index in [1.165, 1.54) is 27.1 Å². The predicted octanol–water partition coefficient (Wildman–Crippen LogP) is 5.61. The number of ether oxygens (including phenoxy) is 1. The highest BCUT2D eigenvalue weighted by atomic mass is 32.2. The molecule has 0 saturated carbocycles. The van der Waals surface area contributed by atoms with E-state index in [1.54, 1.807) is 11.8 Å². The summed E-state index contributed by atoms with van der Waals surface area (Å²) < 4.78 is 5.99. The first-order valence-corrected chi connectivity index (χ1v) is 11.1. The summed E-state index contributed by atoms with van der Waals surface area (Å²) in [7, 11) is 0. The molecule has 4 heteroatoms. The number of likely N-dealkylation sites (tertiary alicyclic amines) is 1. The van der Waals surface area contributed by atoms with Gasteiger partial charge in [-0.1, -0.05) is 36.0 Å². The predicted molar refractivity (Wildman–Crippen MR) is 116 cm³/mol. The number of aliphatic hydroxyl groups is 1. The standard InChI is InChI=1S/C24H31NO2S/c1-16-5-6-18(13-17(16)2)7-9-20-10-11-21(25(20)15-26)19-8-12-22-23(14-19)28-24(3,4)27-22/h5-6,8,12-14,20-21,26H,7,9-11,15H2,1-4H3. The molecule has 2 aromatic carbocycles. The number of nitrogens with zero attached hydrogens (tertiary/aromatic N) is 1. The highest BCUT2D eigenvalue weighted by Crippen LogP contribution is 2.49. The maximum absolute atomic E-state index is 10.1. The van der Waals surface area contributed by atoms with Crippen LogP contribution < -0.4 is 4.74 Å². The largest absolute Gasteiger partial charge is 0.476 e. The van der Waals surface area contributed by atoms with Crippen molar-refractivity contribution in [2.75, 3.05) is 6.73 Å². The van der Waals surface area contributed by atoms with E-state index in [0.717, 1.165) is 31.4 Å². The van der Waals surface area contributed by atoms with Gasteiger partial charge in [-0.3, -0.25) is 4.90 Å². The quantitative estimate of drug-likeness (QED) is 0.710. The van der Waals surface area contributed by atoms with E-state index >= 15 is 0 Å². The van der Waals surface area contributed by atoms with Gasteiger partial charge in [0, 0.05) is 12.1 Å². The van der Waals surface area contributed by atoms with Gasteiger partial charge >= 0.3 is 0 Å². The Morgan fingerprint density at radius 1 is 1.11 bits per heavy atom. The summed E-state index contributed by atoms with van der Waals surface area (Å²) in [4.78, 5) is 3.31. The van der Waals surface area contributed by atoms with Crippen molar-refractivity contribution in [2.45, 2.75) is 75.3 Å². The molecule has 28 heavy (non-hydrogen) atoms. The van der Waals surface area contributed by atoms with Gasteiger partial charge in [0.05, 0.1) is 11.6 Å². The zero-order chi connectivity index (χ0) is 19.9. The number of hydrogen-bond acceptors (Lipinski definition) is 4. The van der Waals surface area contributed by atoms with E-state index in [2.05, 4.69) is 69.0 Å². The van der Waals surface area contributed by atoms with Gasteiger partial charge in [-0.05, 0) is 87.8 Å². The van der Waals surface area contributed by atoms with Crippen molar-refractivity contribution in [2.24, 2.45) is 0 Å². The van der Waals surface area contributed by atoms with E-state index in [4.69, 9.17) is 4.74 Å². The Balaban J connectivity index is 1.45. The fourth-order valence-electron chi connectivity index (χ4n) is 4.56. The zero-order valence-electron chi connectivity index (χ0n) is 17.4. The number of aliphatic hydroxyl groups excluding tert-OH is 1. The van der Waals surface area contributed by atoms with E-state index in [0.29, 0.717) is 12.1 Å². The van der Waals surface area contributed by atoms with Crippen LogP contribution in [0.3, 0.4) is 0 Å². The van der Waals surface area contributed by atoms with Gasteiger partial charge in [0.1, 0.15) is 5.75 Å². The molecule has 1 fully saturated rings. The molecular formula is C24H31NO2S. The molecule has 150 valence electrons. The summed E-state index contributed by atoms with van der Waals surface area (Å²) in [5.74, 6) is 0.985. The number of rotatable bonds is 5. The normalized spacial score (nSPS) is 23.6.